The Morgan fingerprint density at radius 3 is 2.39 bits per heavy atom. The second-order valence-electron chi connectivity index (χ2n) is 11.8. The van der Waals surface area contributed by atoms with Gasteiger partial charge in [-0.15, -0.1) is 0 Å². The molecule has 1 aromatic heterocycles. The van der Waals surface area contributed by atoms with Crippen LogP contribution in [-0.4, -0.2) is 89.7 Å². The van der Waals surface area contributed by atoms with Gasteiger partial charge in [-0.1, -0.05) is 0 Å². The number of carbonyl (C=O) groups excluding carboxylic acids is 3. The van der Waals surface area contributed by atoms with Crippen molar-refractivity contribution in [1.82, 2.24) is 25.1 Å². The fraction of sp³-hybridized carbons (Fsp3) is 0.567. The molecule has 2 fully saturated rings. The molecular formula is C30H41N5O6. The predicted molar refractivity (Wildman–Crippen MR) is 152 cm³/mol. The number of piperazine rings is 1. The molecule has 2 atom stereocenters. The number of nitrogens with one attached hydrogen (secondary N) is 1. The Bertz CT molecular complexity index is 1270. The van der Waals surface area contributed by atoms with Crippen molar-refractivity contribution in [2.24, 2.45) is 0 Å². The van der Waals surface area contributed by atoms with Gasteiger partial charge in [0, 0.05) is 51.4 Å². The number of hydrogen-bond acceptors (Lipinski definition) is 9. The lowest BCUT2D eigenvalue weighted by Gasteiger charge is -2.41. The van der Waals surface area contributed by atoms with Crippen LogP contribution < -0.4 is 10.1 Å². The van der Waals surface area contributed by atoms with Crippen LogP contribution in [0.1, 0.15) is 90.2 Å². The molecule has 11 heteroatoms. The highest BCUT2D eigenvalue weighted by atomic mass is 16.6. The Morgan fingerprint density at radius 2 is 1.83 bits per heavy atom. The van der Waals surface area contributed by atoms with E-state index in [1.807, 2.05) is 27.7 Å². The molecule has 41 heavy (non-hydrogen) atoms. The minimum absolute atomic E-state index is 0.0782. The molecule has 0 spiro atoms. The SMILES string of the molecule is CNC(=O)c1cc(C(=O)OC)c(C)cc1OC(CN1CCN(C(=O)OC(C)(C)C)[C@H](C)C1)c1cnc(C2CC2)cn1. The highest BCUT2D eigenvalue weighted by molar-refractivity contribution is 6.00. The molecule has 1 aromatic carbocycles. The number of carbonyl (C=O) groups is 3. The summed E-state index contributed by atoms with van der Waals surface area (Å²) in [6.45, 7) is 11.5. The first-order valence-corrected chi connectivity index (χ1v) is 14.1. The predicted octanol–water partition coefficient (Wildman–Crippen LogP) is 3.87. The Labute approximate surface area is 241 Å². The summed E-state index contributed by atoms with van der Waals surface area (Å²) in [7, 11) is 2.82. The van der Waals surface area contributed by atoms with E-state index in [-0.39, 0.29) is 23.3 Å². The van der Waals surface area contributed by atoms with Gasteiger partial charge in [-0.3, -0.25) is 19.7 Å². The molecule has 1 N–H and O–H groups in total. The first-order valence-electron chi connectivity index (χ1n) is 14.1. The number of benzene rings is 1. The summed E-state index contributed by atoms with van der Waals surface area (Å²) in [5.41, 5.74) is 2.16. The number of amides is 2. The van der Waals surface area contributed by atoms with E-state index in [1.165, 1.54) is 20.2 Å². The topological polar surface area (TPSA) is 123 Å². The van der Waals surface area contributed by atoms with E-state index in [0.29, 0.717) is 49.1 Å². The maximum atomic E-state index is 12.9. The number of esters is 1. The molecule has 4 rings (SSSR count). The van der Waals surface area contributed by atoms with Gasteiger partial charge in [0.1, 0.15) is 17.0 Å². The van der Waals surface area contributed by atoms with Gasteiger partial charge in [0.05, 0.1) is 30.1 Å². The van der Waals surface area contributed by atoms with Gasteiger partial charge in [-0.2, -0.15) is 0 Å². The van der Waals surface area contributed by atoms with Gasteiger partial charge in [0.15, 0.2) is 6.10 Å². The quantitative estimate of drug-likeness (QED) is 0.474. The number of ether oxygens (including phenoxy) is 3. The number of aromatic nitrogens is 2. The molecule has 11 nitrogen and oxygen atoms in total. The maximum Gasteiger partial charge on any atom is 0.410 e. The summed E-state index contributed by atoms with van der Waals surface area (Å²) in [6.07, 6.45) is 4.90. The molecule has 0 bridgehead atoms. The Kier molecular flexibility index (Phi) is 9.16. The van der Waals surface area contributed by atoms with Crippen LogP contribution in [0.4, 0.5) is 4.79 Å². The number of rotatable bonds is 8. The van der Waals surface area contributed by atoms with Gasteiger partial charge in [0.25, 0.3) is 5.91 Å². The van der Waals surface area contributed by atoms with Crippen LogP contribution in [0.25, 0.3) is 0 Å². The van der Waals surface area contributed by atoms with Gasteiger partial charge in [0.2, 0.25) is 0 Å². The van der Waals surface area contributed by atoms with E-state index in [1.54, 1.807) is 30.3 Å². The van der Waals surface area contributed by atoms with Crippen LogP contribution in [0, 0.1) is 6.92 Å². The average molecular weight is 568 g/mol. The van der Waals surface area contributed by atoms with Gasteiger partial charge in [-0.05, 0) is 65.2 Å². The van der Waals surface area contributed by atoms with Crippen molar-refractivity contribution < 1.29 is 28.6 Å². The molecule has 1 saturated carbocycles. The molecule has 0 radical (unpaired) electrons. The Hall–Kier alpha value is -3.73. The third-order valence-corrected chi connectivity index (χ3v) is 7.25. The smallest absolute Gasteiger partial charge is 0.410 e. The van der Waals surface area contributed by atoms with E-state index in [0.717, 1.165) is 18.5 Å². The number of hydrogen-bond donors (Lipinski definition) is 1. The first-order chi connectivity index (χ1) is 19.4. The summed E-state index contributed by atoms with van der Waals surface area (Å²) < 4.78 is 17.0. The Morgan fingerprint density at radius 1 is 1.10 bits per heavy atom. The summed E-state index contributed by atoms with van der Waals surface area (Å²) in [5.74, 6) is -0.133. The van der Waals surface area contributed by atoms with E-state index in [2.05, 4.69) is 15.2 Å². The van der Waals surface area contributed by atoms with Crippen LogP contribution in [0.3, 0.4) is 0 Å². The molecule has 2 heterocycles. The minimum Gasteiger partial charge on any atom is -0.482 e. The number of methoxy groups -OCH3 is 1. The lowest BCUT2D eigenvalue weighted by Crippen LogP contribution is -2.55. The summed E-state index contributed by atoms with van der Waals surface area (Å²) >= 11 is 0. The molecule has 1 aliphatic heterocycles. The van der Waals surface area contributed by atoms with Crippen molar-refractivity contribution in [3.8, 4) is 5.75 Å². The standard InChI is InChI=1S/C30H41N5O6/c1-18-12-25(22(27(36)31-6)13-21(18)28(37)39-7)40-26(24-15-32-23(14-33-24)20-8-9-20)17-34-10-11-35(19(2)16-34)29(38)41-30(3,4)5/h12-15,19-20,26H,8-11,16-17H2,1-7H3,(H,31,36)/t19-,26?/m1/s1. The van der Waals surface area contributed by atoms with Gasteiger partial charge >= 0.3 is 12.1 Å². The third kappa shape index (κ3) is 7.52. The molecular weight excluding hydrogens is 526 g/mol. The van der Waals surface area contributed by atoms with E-state index < -0.39 is 23.6 Å². The van der Waals surface area contributed by atoms with Gasteiger partial charge in [-0.25, -0.2) is 9.59 Å². The normalized spacial score (nSPS) is 18.4. The molecule has 1 aliphatic carbocycles. The molecule has 2 amide bonds. The minimum atomic E-state index is -0.567. The molecule has 2 aromatic rings. The van der Waals surface area contributed by atoms with E-state index in [4.69, 9.17) is 19.2 Å². The van der Waals surface area contributed by atoms with E-state index in [9.17, 15) is 14.4 Å². The lowest BCUT2D eigenvalue weighted by atomic mass is 10.0. The Balaban J connectivity index is 1.60. The highest BCUT2D eigenvalue weighted by Gasteiger charge is 2.33. The first kappa shape index (κ1) is 30.2. The average Bonchev–Trinajstić information content (AvgIpc) is 3.77. The summed E-state index contributed by atoms with van der Waals surface area (Å²) in [5, 5.41) is 2.63. The van der Waals surface area contributed by atoms with Crippen molar-refractivity contribution in [3.63, 3.8) is 0 Å². The number of nitrogens with zero attached hydrogens (tertiary/aromatic N) is 4. The largest absolute Gasteiger partial charge is 0.482 e. The molecule has 222 valence electrons. The fourth-order valence-electron chi connectivity index (χ4n) is 4.89. The zero-order chi connectivity index (χ0) is 29.9. The van der Waals surface area contributed by atoms with Crippen molar-refractivity contribution in [1.29, 1.82) is 0 Å². The molecule has 1 saturated heterocycles. The zero-order valence-corrected chi connectivity index (χ0v) is 25.0. The number of aryl methyl sites for hydroxylation is 1. The van der Waals surface area contributed by atoms with Crippen molar-refractivity contribution in [2.75, 3.05) is 40.3 Å². The van der Waals surface area contributed by atoms with Gasteiger partial charge < -0.3 is 24.4 Å². The fourth-order valence-corrected chi connectivity index (χ4v) is 4.89. The van der Waals surface area contributed by atoms with Crippen LogP contribution in [0.5, 0.6) is 5.75 Å². The van der Waals surface area contributed by atoms with Crippen molar-refractivity contribution in [2.45, 2.75) is 71.1 Å². The van der Waals surface area contributed by atoms with Crippen LogP contribution >= 0.6 is 0 Å². The third-order valence-electron chi connectivity index (χ3n) is 7.25. The van der Waals surface area contributed by atoms with E-state index >= 15 is 0 Å². The maximum absolute atomic E-state index is 12.9. The summed E-state index contributed by atoms with van der Waals surface area (Å²) in [4.78, 5) is 51.2. The lowest BCUT2D eigenvalue weighted by molar-refractivity contribution is -0.00318. The zero-order valence-electron chi connectivity index (χ0n) is 25.0. The van der Waals surface area contributed by atoms with Crippen molar-refractivity contribution in [3.05, 3.63) is 52.6 Å². The van der Waals surface area contributed by atoms with Crippen LogP contribution in [0.2, 0.25) is 0 Å². The van der Waals surface area contributed by atoms with Crippen LogP contribution in [-0.2, 0) is 9.47 Å². The highest BCUT2D eigenvalue weighted by Crippen LogP contribution is 2.39. The van der Waals surface area contributed by atoms with Crippen LogP contribution in [0.15, 0.2) is 24.5 Å². The second kappa shape index (κ2) is 12.4. The second-order valence-corrected chi connectivity index (χ2v) is 11.8. The monoisotopic (exact) mass is 567 g/mol. The molecule has 2 aliphatic rings. The molecule has 1 unspecified atom stereocenters. The summed E-state index contributed by atoms with van der Waals surface area (Å²) in [6, 6.07) is 3.10. The van der Waals surface area contributed by atoms with Crippen molar-refractivity contribution >= 4 is 18.0 Å².